The molecular weight excluding hydrogens is 428 g/mol. The van der Waals surface area contributed by atoms with E-state index in [2.05, 4.69) is 44.1 Å². The Kier molecular flexibility index (Phi) is 5.86. The van der Waals surface area contributed by atoms with Gasteiger partial charge in [0.1, 0.15) is 11.5 Å². The molecule has 8 nitrogen and oxygen atoms in total. The van der Waals surface area contributed by atoms with Gasteiger partial charge in [-0.1, -0.05) is 0 Å². The summed E-state index contributed by atoms with van der Waals surface area (Å²) in [5.41, 5.74) is 5.36. The fourth-order valence-corrected chi connectivity index (χ4v) is 3.95. The maximum Gasteiger partial charge on any atom is 0.124 e. The number of benzene rings is 2. The normalized spacial score (nSPS) is 11.0. The molecule has 0 spiro atoms. The molecule has 0 atom stereocenters. The SMILES string of the molecule is COc1cc(OC)cc(N(CCn2cccc2)c2ccc3ncc(-c4cnn(C)c4)nc3c2)c1. The van der Waals surface area contributed by atoms with Crippen LogP contribution in [0.4, 0.5) is 11.4 Å². The van der Waals surface area contributed by atoms with Gasteiger partial charge in [-0.3, -0.25) is 9.67 Å². The van der Waals surface area contributed by atoms with Crippen molar-refractivity contribution in [1.29, 1.82) is 0 Å². The van der Waals surface area contributed by atoms with E-state index in [0.29, 0.717) is 0 Å². The van der Waals surface area contributed by atoms with Crippen molar-refractivity contribution in [3.8, 4) is 22.8 Å². The lowest BCUT2D eigenvalue weighted by Crippen LogP contribution is -2.22. The summed E-state index contributed by atoms with van der Waals surface area (Å²) < 4.78 is 15.0. The van der Waals surface area contributed by atoms with Crippen molar-refractivity contribution < 1.29 is 9.47 Å². The van der Waals surface area contributed by atoms with Crippen LogP contribution in [0.25, 0.3) is 22.3 Å². The molecular formula is C26H26N6O2. The minimum Gasteiger partial charge on any atom is -0.497 e. The predicted molar refractivity (Wildman–Crippen MR) is 133 cm³/mol. The number of fused-ring (bicyclic) bond motifs is 1. The Morgan fingerprint density at radius 1 is 0.882 bits per heavy atom. The molecule has 0 saturated carbocycles. The number of anilines is 2. The largest absolute Gasteiger partial charge is 0.497 e. The lowest BCUT2D eigenvalue weighted by Gasteiger charge is -2.26. The van der Waals surface area contributed by atoms with E-state index >= 15 is 0 Å². The molecule has 5 rings (SSSR count). The second-order valence-corrected chi connectivity index (χ2v) is 7.97. The van der Waals surface area contributed by atoms with E-state index in [1.54, 1.807) is 31.3 Å². The summed E-state index contributed by atoms with van der Waals surface area (Å²) in [6.45, 7) is 1.55. The third-order valence-electron chi connectivity index (χ3n) is 5.73. The number of rotatable bonds is 8. The van der Waals surface area contributed by atoms with Crippen LogP contribution in [0.5, 0.6) is 11.5 Å². The molecule has 0 aliphatic carbocycles. The van der Waals surface area contributed by atoms with Crippen LogP contribution in [0.1, 0.15) is 0 Å². The van der Waals surface area contributed by atoms with Gasteiger partial charge in [0.25, 0.3) is 0 Å². The second-order valence-electron chi connectivity index (χ2n) is 7.97. The van der Waals surface area contributed by atoms with E-state index in [4.69, 9.17) is 14.5 Å². The number of aromatic nitrogens is 5. The predicted octanol–water partition coefficient (Wildman–Crippen LogP) is 4.69. The number of nitrogens with zero attached hydrogens (tertiary/aromatic N) is 6. The minimum atomic E-state index is 0.736. The zero-order valence-electron chi connectivity index (χ0n) is 19.4. The molecule has 3 heterocycles. The zero-order chi connectivity index (χ0) is 23.5. The summed E-state index contributed by atoms with van der Waals surface area (Å²) in [6, 6.07) is 16.1. The van der Waals surface area contributed by atoms with E-state index < -0.39 is 0 Å². The van der Waals surface area contributed by atoms with Gasteiger partial charge in [0.15, 0.2) is 0 Å². The minimum absolute atomic E-state index is 0.736. The molecule has 3 aromatic heterocycles. The Morgan fingerprint density at radius 3 is 2.32 bits per heavy atom. The average molecular weight is 455 g/mol. The third kappa shape index (κ3) is 4.43. The fourth-order valence-electron chi connectivity index (χ4n) is 3.95. The first-order valence-corrected chi connectivity index (χ1v) is 11.0. The monoisotopic (exact) mass is 454 g/mol. The van der Waals surface area contributed by atoms with Crippen molar-refractivity contribution in [3.05, 3.63) is 79.5 Å². The number of ether oxygens (including phenoxy) is 2. The van der Waals surface area contributed by atoms with Crippen LogP contribution >= 0.6 is 0 Å². The number of hydrogen-bond donors (Lipinski definition) is 0. The van der Waals surface area contributed by atoms with E-state index in [0.717, 1.165) is 58.3 Å². The highest BCUT2D eigenvalue weighted by Gasteiger charge is 2.15. The van der Waals surface area contributed by atoms with Crippen LogP contribution in [-0.4, -0.2) is 45.1 Å². The highest BCUT2D eigenvalue weighted by molar-refractivity contribution is 5.82. The van der Waals surface area contributed by atoms with Crippen LogP contribution < -0.4 is 14.4 Å². The van der Waals surface area contributed by atoms with Gasteiger partial charge in [0.2, 0.25) is 0 Å². The maximum atomic E-state index is 5.53. The first-order chi connectivity index (χ1) is 16.6. The van der Waals surface area contributed by atoms with E-state index in [9.17, 15) is 0 Å². The van der Waals surface area contributed by atoms with Crippen LogP contribution in [0.2, 0.25) is 0 Å². The Hall–Kier alpha value is -4.33. The Morgan fingerprint density at radius 2 is 1.65 bits per heavy atom. The topological polar surface area (TPSA) is 70.2 Å². The molecule has 34 heavy (non-hydrogen) atoms. The van der Waals surface area contributed by atoms with E-state index in [-0.39, 0.29) is 0 Å². The molecule has 0 bridgehead atoms. The van der Waals surface area contributed by atoms with E-state index in [1.165, 1.54) is 0 Å². The Bertz CT molecular complexity index is 1390. The quantitative estimate of drug-likeness (QED) is 0.339. The molecule has 0 saturated heterocycles. The summed E-state index contributed by atoms with van der Waals surface area (Å²) in [7, 11) is 5.21. The third-order valence-corrected chi connectivity index (χ3v) is 5.73. The zero-order valence-corrected chi connectivity index (χ0v) is 19.4. The fraction of sp³-hybridized carbons (Fsp3) is 0.192. The van der Waals surface area contributed by atoms with Gasteiger partial charge < -0.3 is 18.9 Å². The lowest BCUT2D eigenvalue weighted by atomic mass is 10.2. The summed E-state index contributed by atoms with van der Waals surface area (Å²) in [5.74, 6) is 1.47. The first-order valence-electron chi connectivity index (χ1n) is 11.0. The first kappa shape index (κ1) is 21.5. The molecule has 172 valence electrons. The average Bonchev–Trinajstić information content (AvgIpc) is 3.55. The Balaban J connectivity index is 1.57. The van der Waals surface area contributed by atoms with Gasteiger partial charge in [0, 0.05) is 73.9 Å². The van der Waals surface area contributed by atoms with Crippen molar-refractivity contribution in [2.75, 3.05) is 25.7 Å². The van der Waals surface area contributed by atoms with Crippen molar-refractivity contribution in [1.82, 2.24) is 24.3 Å². The molecule has 0 unspecified atom stereocenters. The van der Waals surface area contributed by atoms with Crippen molar-refractivity contribution >= 4 is 22.4 Å². The van der Waals surface area contributed by atoms with Gasteiger partial charge >= 0.3 is 0 Å². The molecule has 2 aromatic carbocycles. The molecule has 0 radical (unpaired) electrons. The summed E-state index contributed by atoms with van der Waals surface area (Å²) in [5, 5.41) is 4.25. The highest BCUT2D eigenvalue weighted by Crippen LogP contribution is 2.34. The number of hydrogen-bond acceptors (Lipinski definition) is 6. The standard InChI is InChI=1S/C26H26N6O2/c1-30-18-19(16-28-30)26-17-27-24-7-6-20(14-25(24)29-26)32(11-10-31-8-4-5-9-31)21-12-22(33-2)15-23(13-21)34-3/h4-9,12-18H,10-11H2,1-3H3. The molecule has 0 amide bonds. The Labute approximate surface area is 198 Å². The van der Waals surface area contributed by atoms with Crippen LogP contribution in [0.15, 0.2) is 79.5 Å². The summed E-state index contributed by atoms with van der Waals surface area (Å²) in [6.07, 6.45) is 9.65. The van der Waals surface area contributed by atoms with Crippen LogP contribution in [0.3, 0.4) is 0 Å². The second kappa shape index (κ2) is 9.27. The lowest BCUT2D eigenvalue weighted by molar-refractivity contribution is 0.394. The molecule has 0 N–H and O–H groups in total. The molecule has 8 heteroatoms. The smallest absolute Gasteiger partial charge is 0.124 e. The number of aryl methyl sites for hydroxylation is 1. The molecule has 0 aliphatic rings. The molecule has 5 aromatic rings. The van der Waals surface area contributed by atoms with Gasteiger partial charge in [-0.25, -0.2) is 4.98 Å². The maximum absolute atomic E-state index is 5.53. The summed E-state index contributed by atoms with van der Waals surface area (Å²) >= 11 is 0. The molecule has 0 aliphatic heterocycles. The van der Waals surface area contributed by atoms with Gasteiger partial charge in [0.05, 0.1) is 43.3 Å². The van der Waals surface area contributed by atoms with Gasteiger partial charge in [-0.2, -0.15) is 5.10 Å². The van der Waals surface area contributed by atoms with Gasteiger partial charge in [-0.05, 0) is 30.3 Å². The number of methoxy groups -OCH3 is 2. The van der Waals surface area contributed by atoms with Gasteiger partial charge in [-0.15, -0.1) is 0 Å². The van der Waals surface area contributed by atoms with Crippen molar-refractivity contribution in [3.63, 3.8) is 0 Å². The van der Waals surface area contributed by atoms with E-state index in [1.807, 2.05) is 49.6 Å². The van der Waals surface area contributed by atoms with Crippen LogP contribution in [-0.2, 0) is 13.6 Å². The van der Waals surface area contributed by atoms with Crippen LogP contribution in [0, 0.1) is 0 Å². The molecule has 0 fully saturated rings. The van der Waals surface area contributed by atoms with Crippen molar-refractivity contribution in [2.45, 2.75) is 6.54 Å². The highest BCUT2D eigenvalue weighted by atomic mass is 16.5. The van der Waals surface area contributed by atoms with Crippen molar-refractivity contribution in [2.24, 2.45) is 7.05 Å². The summed E-state index contributed by atoms with van der Waals surface area (Å²) in [4.78, 5) is 11.7.